The van der Waals surface area contributed by atoms with Gasteiger partial charge in [-0.25, -0.2) is 0 Å². The summed E-state index contributed by atoms with van der Waals surface area (Å²) in [6, 6.07) is 0.745. The Morgan fingerprint density at radius 2 is 2.16 bits per heavy atom. The van der Waals surface area contributed by atoms with Crippen molar-refractivity contribution < 1.29 is 4.79 Å². The normalized spacial score (nSPS) is 21.1. The van der Waals surface area contributed by atoms with E-state index < -0.39 is 0 Å². The number of hydrogen-bond donors (Lipinski definition) is 2. The van der Waals surface area contributed by atoms with Gasteiger partial charge in [0.25, 0.3) is 0 Å². The Hall–Kier alpha value is -0.610. The van der Waals surface area contributed by atoms with Crippen LogP contribution in [0.25, 0.3) is 0 Å². The fourth-order valence-electron chi connectivity index (χ4n) is 2.57. The molecule has 1 aliphatic rings. The number of unbranched alkanes of at least 4 members (excludes halogenated alkanes) is 1. The van der Waals surface area contributed by atoms with Crippen LogP contribution in [0.5, 0.6) is 0 Å². The van der Waals surface area contributed by atoms with Gasteiger partial charge in [-0.05, 0) is 53.1 Å². The molecule has 112 valence electrons. The molecule has 0 bridgehead atoms. The fraction of sp³-hybridized carbons (Fsp3) is 0.933. The van der Waals surface area contributed by atoms with E-state index in [0.29, 0.717) is 6.04 Å². The number of hydrogen-bond acceptors (Lipinski definition) is 3. The van der Waals surface area contributed by atoms with Crippen LogP contribution < -0.4 is 10.6 Å². The summed E-state index contributed by atoms with van der Waals surface area (Å²) in [5, 5.41) is 6.55. The van der Waals surface area contributed by atoms with Crippen molar-refractivity contribution in [1.82, 2.24) is 15.5 Å². The van der Waals surface area contributed by atoms with Crippen LogP contribution in [0.15, 0.2) is 0 Å². The zero-order valence-electron chi connectivity index (χ0n) is 13.0. The van der Waals surface area contributed by atoms with E-state index in [4.69, 9.17) is 0 Å². The topological polar surface area (TPSA) is 44.4 Å². The summed E-state index contributed by atoms with van der Waals surface area (Å²) in [6.45, 7) is 11.4. The van der Waals surface area contributed by atoms with Crippen molar-refractivity contribution in [2.45, 2.75) is 71.5 Å². The molecule has 0 aromatic heterocycles. The number of rotatable bonds is 8. The third-order valence-corrected chi connectivity index (χ3v) is 3.77. The van der Waals surface area contributed by atoms with Gasteiger partial charge in [0, 0.05) is 18.6 Å². The first-order valence-corrected chi connectivity index (χ1v) is 7.82. The quantitative estimate of drug-likeness (QED) is 0.705. The number of carbonyl (C=O) groups is 1. The zero-order chi connectivity index (χ0) is 14.3. The molecule has 0 radical (unpaired) electrons. The molecule has 1 rings (SSSR count). The van der Waals surface area contributed by atoms with Crippen LogP contribution in [0.2, 0.25) is 0 Å². The predicted octanol–water partition coefficient (Wildman–Crippen LogP) is 1.75. The smallest absolute Gasteiger partial charge is 0.237 e. The molecule has 2 N–H and O–H groups in total. The molecule has 0 spiro atoms. The van der Waals surface area contributed by atoms with Gasteiger partial charge in [0.2, 0.25) is 5.91 Å². The molecule has 2 unspecified atom stereocenters. The molecular weight excluding hydrogens is 238 g/mol. The van der Waals surface area contributed by atoms with Crippen LogP contribution in [0, 0.1) is 0 Å². The van der Waals surface area contributed by atoms with Crippen LogP contribution in [-0.4, -0.2) is 48.6 Å². The van der Waals surface area contributed by atoms with Gasteiger partial charge in [-0.3, -0.25) is 9.69 Å². The molecular formula is C15H31N3O. The van der Waals surface area contributed by atoms with Crippen LogP contribution in [0.3, 0.4) is 0 Å². The van der Waals surface area contributed by atoms with Crippen molar-refractivity contribution in [3.63, 3.8) is 0 Å². The van der Waals surface area contributed by atoms with E-state index >= 15 is 0 Å². The molecule has 1 aliphatic heterocycles. The van der Waals surface area contributed by atoms with Crippen LogP contribution in [0.4, 0.5) is 0 Å². The van der Waals surface area contributed by atoms with Gasteiger partial charge in [0.15, 0.2) is 0 Å². The van der Waals surface area contributed by atoms with E-state index in [0.717, 1.165) is 26.1 Å². The second kappa shape index (κ2) is 8.54. The monoisotopic (exact) mass is 269 g/mol. The van der Waals surface area contributed by atoms with E-state index in [1.54, 1.807) is 0 Å². The first kappa shape index (κ1) is 16.4. The summed E-state index contributed by atoms with van der Waals surface area (Å²) in [6.07, 6.45) is 4.83. The van der Waals surface area contributed by atoms with Gasteiger partial charge >= 0.3 is 0 Å². The molecule has 19 heavy (non-hydrogen) atoms. The Kier molecular flexibility index (Phi) is 7.39. The largest absolute Gasteiger partial charge is 0.353 e. The van der Waals surface area contributed by atoms with Crippen LogP contribution in [0.1, 0.15) is 53.4 Å². The molecule has 0 aromatic rings. The number of carbonyl (C=O) groups excluding carboxylic acids is 1. The van der Waals surface area contributed by atoms with Gasteiger partial charge in [-0.1, -0.05) is 13.3 Å². The van der Waals surface area contributed by atoms with E-state index in [9.17, 15) is 4.79 Å². The summed E-state index contributed by atoms with van der Waals surface area (Å²) < 4.78 is 0. The van der Waals surface area contributed by atoms with Gasteiger partial charge in [-0.2, -0.15) is 0 Å². The van der Waals surface area contributed by atoms with Crippen molar-refractivity contribution >= 4 is 5.91 Å². The Labute approximate surface area is 118 Å². The van der Waals surface area contributed by atoms with Crippen molar-refractivity contribution in [3.05, 3.63) is 0 Å². The van der Waals surface area contributed by atoms with Gasteiger partial charge in [0.1, 0.15) is 0 Å². The van der Waals surface area contributed by atoms with Crippen molar-refractivity contribution in [2.75, 3.05) is 19.6 Å². The first-order chi connectivity index (χ1) is 9.04. The minimum Gasteiger partial charge on any atom is -0.353 e. The van der Waals surface area contributed by atoms with Gasteiger partial charge < -0.3 is 10.6 Å². The van der Waals surface area contributed by atoms with E-state index in [1.807, 2.05) is 20.8 Å². The standard InChI is InChI=1S/C15H31N3O/c1-5-6-10-18(11-14-8-7-9-16-14)13(4)15(19)17-12(2)3/h12-14,16H,5-11H2,1-4H3,(H,17,19). The van der Waals surface area contributed by atoms with Crippen molar-refractivity contribution in [1.29, 1.82) is 0 Å². The molecule has 0 aliphatic carbocycles. The Morgan fingerprint density at radius 1 is 1.42 bits per heavy atom. The number of nitrogens with one attached hydrogen (secondary N) is 2. The van der Waals surface area contributed by atoms with Gasteiger partial charge in [-0.15, -0.1) is 0 Å². The number of nitrogens with zero attached hydrogens (tertiary/aromatic N) is 1. The summed E-state index contributed by atoms with van der Waals surface area (Å²) in [5.74, 6) is 0.157. The lowest BCUT2D eigenvalue weighted by molar-refractivity contribution is -0.126. The van der Waals surface area contributed by atoms with Crippen LogP contribution in [-0.2, 0) is 4.79 Å². The molecule has 1 heterocycles. The zero-order valence-corrected chi connectivity index (χ0v) is 13.0. The SMILES string of the molecule is CCCCN(CC1CCCN1)C(C)C(=O)NC(C)C. The number of amides is 1. The lowest BCUT2D eigenvalue weighted by Gasteiger charge is -2.31. The Bertz CT molecular complexity index is 262. The highest BCUT2D eigenvalue weighted by molar-refractivity contribution is 5.81. The predicted molar refractivity (Wildman–Crippen MR) is 80.2 cm³/mol. The fourth-order valence-corrected chi connectivity index (χ4v) is 2.57. The maximum absolute atomic E-state index is 12.2. The first-order valence-electron chi connectivity index (χ1n) is 7.82. The van der Waals surface area contributed by atoms with Gasteiger partial charge in [0.05, 0.1) is 6.04 Å². The average molecular weight is 269 g/mol. The molecule has 2 atom stereocenters. The summed E-state index contributed by atoms with van der Waals surface area (Å²) in [7, 11) is 0. The molecule has 1 saturated heterocycles. The summed E-state index contributed by atoms with van der Waals surface area (Å²) >= 11 is 0. The van der Waals surface area contributed by atoms with Crippen LogP contribution >= 0.6 is 0 Å². The minimum absolute atomic E-state index is 0.0312. The molecule has 4 nitrogen and oxygen atoms in total. The Morgan fingerprint density at radius 3 is 2.68 bits per heavy atom. The molecule has 1 fully saturated rings. The highest BCUT2D eigenvalue weighted by Crippen LogP contribution is 2.11. The second-order valence-corrected chi connectivity index (χ2v) is 5.98. The minimum atomic E-state index is -0.0312. The molecule has 0 aromatic carbocycles. The third kappa shape index (κ3) is 5.91. The maximum atomic E-state index is 12.2. The van der Waals surface area contributed by atoms with E-state index in [-0.39, 0.29) is 18.0 Å². The van der Waals surface area contributed by atoms with Crippen molar-refractivity contribution in [3.8, 4) is 0 Å². The Balaban J connectivity index is 2.52. The molecule has 0 saturated carbocycles. The maximum Gasteiger partial charge on any atom is 0.237 e. The van der Waals surface area contributed by atoms with E-state index in [1.165, 1.54) is 19.3 Å². The summed E-state index contributed by atoms with van der Waals surface area (Å²) in [4.78, 5) is 14.5. The summed E-state index contributed by atoms with van der Waals surface area (Å²) in [5.41, 5.74) is 0. The lowest BCUT2D eigenvalue weighted by Crippen LogP contribution is -2.50. The molecule has 1 amide bonds. The lowest BCUT2D eigenvalue weighted by atomic mass is 10.1. The van der Waals surface area contributed by atoms with E-state index in [2.05, 4.69) is 22.5 Å². The van der Waals surface area contributed by atoms with Crippen molar-refractivity contribution in [2.24, 2.45) is 0 Å². The molecule has 4 heteroatoms. The second-order valence-electron chi connectivity index (χ2n) is 5.98. The average Bonchev–Trinajstić information content (AvgIpc) is 2.85. The highest BCUT2D eigenvalue weighted by atomic mass is 16.2. The highest BCUT2D eigenvalue weighted by Gasteiger charge is 2.25. The third-order valence-electron chi connectivity index (χ3n) is 3.77.